The molecule has 0 atom stereocenters. The van der Waals surface area contributed by atoms with E-state index in [1.807, 2.05) is 0 Å². The molecule has 1 rings (SSSR count). The standard InChI is InChI=1S/C8H5Cl2F2NO/c1-3-2-4(9)6(8(11)12)13-5(3)7(10)14/h2,8H,1H3. The molecule has 0 saturated carbocycles. The van der Waals surface area contributed by atoms with Gasteiger partial charge in [-0.2, -0.15) is 0 Å². The summed E-state index contributed by atoms with van der Waals surface area (Å²) in [6, 6.07) is 1.24. The number of carbonyl (C=O) groups is 1. The Morgan fingerprint density at radius 1 is 1.57 bits per heavy atom. The molecule has 1 aromatic heterocycles. The van der Waals surface area contributed by atoms with Crippen LogP contribution in [0.3, 0.4) is 0 Å². The van der Waals surface area contributed by atoms with E-state index in [2.05, 4.69) is 4.98 Å². The van der Waals surface area contributed by atoms with Crippen molar-refractivity contribution in [3.8, 4) is 0 Å². The van der Waals surface area contributed by atoms with Crippen molar-refractivity contribution in [2.45, 2.75) is 13.3 Å². The molecule has 0 saturated heterocycles. The highest BCUT2D eigenvalue weighted by Gasteiger charge is 2.18. The second-order valence-corrected chi connectivity index (χ2v) is 3.35. The van der Waals surface area contributed by atoms with E-state index in [9.17, 15) is 13.6 Å². The molecule has 2 nitrogen and oxygen atoms in total. The van der Waals surface area contributed by atoms with Crippen molar-refractivity contribution in [2.24, 2.45) is 0 Å². The Morgan fingerprint density at radius 3 is 2.57 bits per heavy atom. The third-order valence-electron chi connectivity index (χ3n) is 1.59. The Kier molecular flexibility index (Phi) is 3.39. The van der Waals surface area contributed by atoms with Gasteiger partial charge >= 0.3 is 0 Å². The third kappa shape index (κ3) is 2.19. The van der Waals surface area contributed by atoms with E-state index in [0.29, 0.717) is 5.56 Å². The second-order valence-electron chi connectivity index (χ2n) is 2.60. The normalized spacial score (nSPS) is 10.7. The van der Waals surface area contributed by atoms with Crippen molar-refractivity contribution in [3.05, 3.63) is 28.0 Å². The number of hydrogen-bond donors (Lipinski definition) is 0. The number of alkyl halides is 2. The number of aromatic nitrogens is 1. The lowest BCUT2D eigenvalue weighted by atomic mass is 10.2. The first-order valence-electron chi connectivity index (χ1n) is 3.58. The quantitative estimate of drug-likeness (QED) is 0.742. The predicted octanol–water partition coefficient (Wildman–Crippen LogP) is 3.36. The van der Waals surface area contributed by atoms with E-state index in [-0.39, 0.29) is 10.7 Å². The van der Waals surface area contributed by atoms with E-state index in [4.69, 9.17) is 23.2 Å². The van der Waals surface area contributed by atoms with Crippen LogP contribution in [0.1, 0.15) is 28.2 Å². The molecular formula is C8H5Cl2F2NO. The van der Waals surface area contributed by atoms with Crippen LogP contribution in [0.4, 0.5) is 8.78 Å². The van der Waals surface area contributed by atoms with Crippen LogP contribution in [0.15, 0.2) is 6.07 Å². The summed E-state index contributed by atoms with van der Waals surface area (Å²) < 4.78 is 24.6. The lowest BCUT2D eigenvalue weighted by Gasteiger charge is -2.05. The topological polar surface area (TPSA) is 30.0 Å². The van der Waals surface area contributed by atoms with Crippen LogP contribution in [0.25, 0.3) is 0 Å². The maximum atomic E-state index is 12.3. The zero-order chi connectivity index (χ0) is 10.9. The SMILES string of the molecule is Cc1cc(Cl)c(C(F)F)nc1C(=O)Cl. The second kappa shape index (κ2) is 4.19. The molecule has 6 heteroatoms. The van der Waals surface area contributed by atoms with Gasteiger partial charge in [0.05, 0.1) is 5.02 Å². The first-order chi connectivity index (χ1) is 6.43. The number of hydrogen-bond acceptors (Lipinski definition) is 2. The molecule has 0 bridgehead atoms. The summed E-state index contributed by atoms with van der Waals surface area (Å²) in [5.41, 5.74) is -0.438. The third-order valence-corrected chi connectivity index (χ3v) is 2.07. The maximum Gasteiger partial charge on any atom is 0.281 e. The zero-order valence-electron chi connectivity index (χ0n) is 7.02. The first kappa shape index (κ1) is 11.3. The van der Waals surface area contributed by atoms with Gasteiger partial charge in [-0.05, 0) is 30.2 Å². The number of aryl methyl sites for hydroxylation is 1. The van der Waals surface area contributed by atoms with E-state index in [0.717, 1.165) is 0 Å². The molecule has 76 valence electrons. The minimum atomic E-state index is -2.82. The number of pyridine rings is 1. The van der Waals surface area contributed by atoms with Crippen LogP contribution in [0.2, 0.25) is 5.02 Å². The summed E-state index contributed by atoms with van der Waals surface area (Å²) in [6.07, 6.45) is -2.82. The van der Waals surface area contributed by atoms with Crippen LogP contribution < -0.4 is 0 Å². The van der Waals surface area contributed by atoms with Gasteiger partial charge in [-0.3, -0.25) is 4.79 Å². The lowest BCUT2D eigenvalue weighted by Crippen LogP contribution is -2.03. The summed E-state index contributed by atoms with van der Waals surface area (Å²) in [5, 5.41) is -1.04. The molecule has 0 aliphatic heterocycles. The highest BCUT2D eigenvalue weighted by Crippen LogP contribution is 2.27. The van der Waals surface area contributed by atoms with Gasteiger partial charge < -0.3 is 0 Å². The van der Waals surface area contributed by atoms with Gasteiger partial charge in [-0.25, -0.2) is 13.8 Å². The summed E-state index contributed by atoms with van der Waals surface area (Å²) in [5.74, 6) is 0. The van der Waals surface area contributed by atoms with Crippen LogP contribution in [0.5, 0.6) is 0 Å². The predicted molar refractivity (Wildman–Crippen MR) is 49.1 cm³/mol. The van der Waals surface area contributed by atoms with Gasteiger partial charge in [0.15, 0.2) is 0 Å². The number of rotatable bonds is 2. The Labute approximate surface area is 88.8 Å². The Hall–Kier alpha value is -0.740. The van der Waals surface area contributed by atoms with Gasteiger partial charge in [-0.15, -0.1) is 0 Å². The molecule has 0 unspecified atom stereocenters. The highest BCUT2D eigenvalue weighted by molar-refractivity contribution is 6.67. The fourth-order valence-corrected chi connectivity index (χ4v) is 1.43. The molecule has 0 aliphatic rings. The summed E-state index contributed by atoms with van der Waals surface area (Å²) >= 11 is 10.7. The molecular weight excluding hydrogens is 235 g/mol. The summed E-state index contributed by atoms with van der Waals surface area (Å²) in [7, 11) is 0. The fraction of sp³-hybridized carbons (Fsp3) is 0.250. The van der Waals surface area contributed by atoms with E-state index in [1.54, 1.807) is 0 Å². The largest absolute Gasteiger partial charge is 0.281 e. The number of nitrogens with zero attached hydrogens (tertiary/aromatic N) is 1. The molecule has 0 aromatic carbocycles. The van der Waals surface area contributed by atoms with Crippen LogP contribution >= 0.6 is 23.2 Å². The molecule has 0 radical (unpaired) electrons. The van der Waals surface area contributed by atoms with Gasteiger partial charge in [0, 0.05) is 0 Å². The van der Waals surface area contributed by atoms with Gasteiger partial charge in [-0.1, -0.05) is 11.6 Å². The highest BCUT2D eigenvalue weighted by atomic mass is 35.5. The Bertz CT molecular complexity index is 382. The first-order valence-corrected chi connectivity index (χ1v) is 4.34. The zero-order valence-corrected chi connectivity index (χ0v) is 8.53. The number of halogens is 4. The van der Waals surface area contributed by atoms with Crippen molar-refractivity contribution in [3.63, 3.8) is 0 Å². The Morgan fingerprint density at radius 2 is 2.14 bits per heavy atom. The molecule has 0 fully saturated rings. The summed E-state index contributed by atoms with van der Waals surface area (Å²) in [4.78, 5) is 14.2. The lowest BCUT2D eigenvalue weighted by molar-refractivity contribution is 0.107. The Balaban J connectivity index is 3.34. The molecule has 0 aliphatic carbocycles. The molecule has 0 N–H and O–H groups in total. The average molecular weight is 240 g/mol. The molecule has 1 heterocycles. The average Bonchev–Trinajstić information content (AvgIpc) is 2.02. The molecule has 14 heavy (non-hydrogen) atoms. The van der Waals surface area contributed by atoms with Crippen molar-refractivity contribution < 1.29 is 13.6 Å². The van der Waals surface area contributed by atoms with E-state index >= 15 is 0 Å². The van der Waals surface area contributed by atoms with Crippen molar-refractivity contribution >= 4 is 28.4 Å². The fourth-order valence-electron chi connectivity index (χ4n) is 0.946. The minimum absolute atomic E-state index is 0.167. The van der Waals surface area contributed by atoms with E-state index < -0.39 is 17.4 Å². The molecule has 0 spiro atoms. The maximum absolute atomic E-state index is 12.3. The summed E-state index contributed by atoms with van der Waals surface area (Å²) in [6.45, 7) is 1.52. The van der Waals surface area contributed by atoms with Crippen molar-refractivity contribution in [1.29, 1.82) is 0 Å². The van der Waals surface area contributed by atoms with Crippen LogP contribution in [-0.2, 0) is 0 Å². The molecule has 1 aromatic rings. The van der Waals surface area contributed by atoms with Gasteiger partial charge in [0.1, 0.15) is 11.4 Å². The minimum Gasteiger partial charge on any atom is -0.274 e. The van der Waals surface area contributed by atoms with Crippen molar-refractivity contribution in [2.75, 3.05) is 0 Å². The van der Waals surface area contributed by atoms with Gasteiger partial charge in [0.2, 0.25) is 0 Å². The van der Waals surface area contributed by atoms with Crippen LogP contribution in [0, 0.1) is 6.92 Å². The monoisotopic (exact) mass is 239 g/mol. The van der Waals surface area contributed by atoms with E-state index in [1.165, 1.54) is 13.0 Å². The number of carbonyl (C=O) groups excluding carboxylic acids is 1. The van der Waals surface area contributed by atoms with Gasteiger partial charge in [0.25, 0.3) is 11.7 Å². The smallest absolute Gasteiger partial charge is 0.274 e. The van der Waals surface area contributed by atoms with Crippen LogP contribution in [-0.4, -0.2) is 10.2 Å². The molecule has 0 amide bonds. The van der Waals surface area contributed by atoms with Crippen molar-refractivity contribution in [1.82, 2.24) is 4.98 Å².